The Labute approximate surface area is 192 Å². The van der Waals surface area contributed by atoms with Crippen molar-refractivity contribution in [3.63, 3.8) is 0 Å². The molecule has 2 aliphatic rings. The van der Waals surface area contributed by atoms with Crippen molar-refractivity contribution < 1.29 is 23.9 Å². The van der Waals surface area contributed by atoms with Crippen molar-refractivity contribution in [2.75, 3.05) is 25.1 Å². The summed E-state index contributed by atoms with van der Waals surface area (Å²) in [5.41, 5.74) is 0.951. The molecule has 0 aromatic heterocycles. The summed E-state index contributed by atoms with van der Waals surface area (Å²) in [4.78, 5) is 53.2. The SMILES string of the molecule is COc1ccc(CC[C@@]2(C)NC(=O)N(CC(=O)c3cccc(N4CCCC4=O)c3)C2=O)cc1. The Kier molecular flexibility index (Phi) is 6.18. The van der Waals surface area contributed by atoms with Crippen LogP contribution in [-0.2, 0) is 16.0 Å². The van der Waals surface area contributed by atoms with E-state index in [4.69, 9.17) is 4.74 Å². The van der Waals surface area contributed by atoms with Crippen molar-refractivity contribution in [3.8, 4) is 5.75 Å². The number of Topliss-reactive ketones (excluding diaryl/α,β-unsaturated/α-hetero) is 1. The van der Waals surface area contributed by atoms with Gasteiger partial charge in [-0.2, -0.15) is 0 Å². The summed E-state index contributed by atoms with van der Waals surface area (Å²) in [7, 11) is 1.60. The fraction of sp³-hybridized carbons (Fsp3) is 0.360. The van der Waals surface area contributed by atoms with Gasteiger partial charge in [0.1, 0.15) is 11.3 Å². The van der Waals surface area contributed by atoms with E-state index in [9.17, 15) is 19.2 Å². The van der Waals surface area contributed by atoms with E-state index in [2.05, 4.69) is 5.32 Å². The number of nitrogens with one attached hydrogen (secondary N) is 1. The highest BCUT2D eigenvalue weighted by molar-refractivity contribution is 6.11. The van der Waals surface area contributed by atoms with Crippen molar-refractivity contribution in [1.82, 2.24) is 10.2 Å². The average Bonchev–Trinajstić information content (AvgIpc) is 3.34. The maximum Gasteiger partial charge on any atom is 0.325 e. The third kappa shape index (κ3) is 4.60. The Morgan fingerprint density at radius 2 is 1.88 bits per heavy atom. The summed E-state index contributed by atoms with van der Waals surface area (Å²) in [6, 6.07) is 13.7. The number of carbonyl (C=O) groups excluding carboxylic acids is 4. The molecule has 33 heavy (non-hydrogen) atoms. The number of hydrogen-bond acceptors (Lipinski definition) is 5. The van der Waals surface area contributed by atoms with Crippen molar-refractivity contribution in [2.24, 2.45) is 0 Å². The van der Waals surface area contributed by atoms with E-state index in [-0.39, 0.29) is 18.2 Å². The Bertz CT molecular complexity index is 1100. The third-order valence-electron chi connectivity index (χ3n) is 6.27. The monoisotopic (exact) mass is 449 g/mol. The quantitative estimate of drug-likeness (QED) is 0.494. The van der Waals surface area contributed by atoms with Crippen molar-refractivity contribution in [2.45, 2.75) is 38.1 Å². The van der Waals surface area contributed by atoms with Crippen molar-refractivity contribution in [3.05, 3.63) is 59.7 Å². The minimum Gasteiger partial charge on any atom is -0.497 e. The van der Waals surface area contributed by atoms with Crippen LogP contribution in [0.15, 0.2) is 48.5 Å². The molecule has 0 bridgehead atoms. The zero-order chi connectivity index (χ0) is 23.6. The second-order valence-electron chi connectivity index (χ2n) is 8.62. The number of ether oxygens (including phenoxy) is 1. The highest BCUT2D eigenvalue weighted by Crippen LogP contribution is 2.26. The zero-order valence-electron chi connectivity index (χ0n) is 18.8. The highest BCUT2D eigenvalue weighted by Gasteiger charge is 2.47. The molecule has 8 nitrogen and oxygen atoms in total. The van der Waals surface area contributed by atoms with Gasteiger partial charge in [-0.15, -0.1) is 0 Å². The second-order valence-corrected chi connectivity index (χ2v) is 8.62. The number of methoxy groups -OCH3 is 1. The molecule has 0 aliphatic carbocycles. The fourth-order valence-corrected chi connectivity index (χ4v) is 4.25. The predicted octanol–water partition coefficient (Wildman–Crippen LogP) is 2.95. The zero-order valence-corrected chi connectivity index (χ0v) is 18.8. The van der Waals surface area contributed by atoms with Gasteiger partial charge < -0.3 is 15.0 Å². The van der Waals surface area contributed by atoms with Crippen LogP contribution in [0, 0.1) is 0 Å². The number of ketones is 1. The third-order valence-corrected chi connectivity index (χ3v) is 6.27. The van der Waals surface area contributed by atoms with Gasteiger partial charge in [-0.05, 0) is 56.0 Å². The molecule has 0 spiro atoms. The molecule has 1 N–H and O–H groups in total. The Balaban J connectivity index is 1.42. The summed E-state index contributed by atoms with van der Waals surface area (Å²) in [6.07, 6.45) is 2.27. The summed E-state index contributed by atoms with van der Waals surface area (Å²) >= 11 is 0. The summed E-state index contributed by atoms with van der Waals surface area (Å²) in [6.45, 7) is 1.96. The Hall–Kier alpha value is -3.68. The lowest BCUT2D eigenvalue weighted by Crippen LogP contribution is -2.44. The molecular formula is C25H27N3O5. The number of imide groups is 1. The van der Waals surface area contributed by atoms with Crippen LogP contribution in [0.25, 0.3) is 0 Å². The van der Waals surface area contributed by atoms with Gasteiger partial charge in [-0.3, -0.25) is 19.3 Å². The number of carbonyl (C=O) groups is 4. The minimum absolute atomic E-state index is 0.0290. The summed E-state index contributed by atoms with van der Waals surface area (Å²) in [5.74, 6) is 0.00558. The fourth-order valence-electron chi connectivity index (χ4n) is 4.25. The standard InChI is InChI=1S/C25H27N3O5/c1-25(13-12-17-8-10-20(33-2)11-9-17)23(31)28(24(32)26-25)16-21(29)18-5-3-6-19(15-18)27-14-4-7-22(27)30/h3,5-6,8-11,15H,4,7,12-14,16H2,1-2H3,(H,26,32)/t25-/m1/s1. The van der Waals surface area contributed by atoms with Crippen LogP contribution in [0.2, 0.25) is 0 Å². The molecule has 0 radical (unpaired) electrons. The lowest BCUT2D eigenvalue weighted by Gasteiger charge is -2.21. The van der Waals surface area contributed by atoms with Gasteiger partial charge in [0.2, 0.25) is 5.91 Å². The first kappa shape index (κ1) is 22.5. The molecule has 0 saturated carbocycles. The second kappa shape index (κ2) is 9.05. The van der Waals surface area contributed by atoms with E-state index >= 15 is 0 Å². The largest absolute Gasteiger partial charge is 0.497 e. The molecule has 2 fully saturated rings. The molecule has 8 heteroatoms. The van der Waals surface area contributed by atoms with Gasteiger partial charge in [0.25, 0.3) is 5.91 Å². The van der Waals surface area contributed by atoms with E-state index in [0.717, 1.165) is 22.6 Å². The van der Waals surface area contributed by atoms with Gasteiger partial charge in [-0.1, -0.05) is 24.3 Å². The number of amides is 4. The van der Waals surface area contributed by atoms with Crippen LogP contribution in [0.5, 0.6) is 5.75 Å². The molecule has 1 atom stereocenters. The van der Waals surface area contributed by atoms with E-state index in [0.29, 0.717) is 37.1 Å². The van der Waals surface area contributed by atoms with Crippen molar-refractivity contribution >= 4 is 29.3 Å². The number of nitrogens with zero attached hydrogens (tertiary/aromatic N) is 2. The average molecular weight is 450 g/mol. The molecule has 2 aromatic rings. The maximum atomic E-state index is 13.1. The van der Waals surface area contributed by atoms with Gasteiger partial charge in [-0.25, -0.2) is 4.79 Å². The number of aryl methyl sites for hydroxylation is 1. The Morgan fingerprint density at radius 1 is 1.12 bits per heavy atom. The van der Waals surface area contributed by atoms with E-state index in [1.807, 2.05) is 24.3 Å². The van der Waals surface area contributed by atoms with Crippen LogP contribution < -0.4 is 15.0 Å². The van der Waals surface area contributed by atoms with Gasteiger partial charge in [0, 0.05) is 24.2 Å². The number of urea groups is 1. The first-order valence-corrected chi connectivity index (χ1v) is 11.0. The summed E-state index contributed by atoms with van der Waals surface area (Å²) in [5, 5.41) is 2.75. The van der Waals surface area contributed by atoms with Crippen LogP contribution in [0.4, 0.5) is 10.5 Å². The smallest absolute Gasteiger partial charge is 0.325 e. The number of hydrogen-bond donors (Lipinski definition) is 1. The van der Waals surface area contributed by atoms with Crippen LogP contribution in [0.1, 0.15) is 42.1 Å². The molecule has 4 amide bonds. The molecule has 0 unspecified atom stereocenters. The molecule has 2 saturated heterocycles. The van der Waals surface area contributed by atoms with Gasteiger partial charge >= 0.3 is 6.03 Å². The van der Waals surface area contributed by atoms with Gasteiger partial charge in [0.15, 0.2) is 5.78 Å². The number of anilines is 1. The highest BCUT2D eigenvalue weighted by atomic mass is 16.5. The molecule has 2 aliphatic heterocycles. The molecule has 2 aromatic carbocycles. The van der Waals surface area contributed by atoms with Crippen LogP contribution in [-0.4, -0.2) is 54.3 Å². The maximum absolute atomic E-state index is 13.1. The number of rotatable bonds is 8. The first-order chi connectivity index (χ1) is 15.8. The summed E-state index contributed by atoms with van der Waals surface area (Å²) < 4.78 is 5.16. The number of benzene rings is 2. The first-order valence-electron chi connectivity index (χ1n) is 11.0. The molecule has 4 rings (SSSR count). The lowest BCUT2D eigenvalue weighted by atomic mass is 9.93. The minimum atomic E-state index is -1.08. The van der Waals surface area contributed by atoms with E-state index in [1.165, 1.54) is 0 Å². The van der Waals surface area contributed by atoms with Crippen molar-refractivity contribution in [1.29, 1.82) is 0 Å². The van der Waals surface area contributed by atoms with E-state index < -0.39 is 17.5 Å². The Morgan fingerprint density at radius 3 is 2.55 bits per heavy atom. The molecule has 2 heterocycles. The topological polar surface area (TPSA) is 96.0 Å². The predicted molar refractivity (Wildman–Crippen MR) is 122 cm³/mol. The van der Waals surface area contributed by atoms with Gasteiger partial charge in [0.05, 0.1) is 13.7 Å². The molecular weight excluding hydrogens is 422 g/mol. The van der Waals surface area contributed by atoms with E-state index in [1.54, 1.807) is 43.2 Å². The normalized spacial score (nSPS) is 20.4. The van der Waals surface area contributed by atoms with Crippen LogP contribution >= 0.6 is 0 Å². The van der Waals surface area contributed by atoms with Crippen LogP contribution in [0.3, 0.4) is 0 Å². The molecule has 172 valence electrons. The lowest BCUT2D eigenvalue weighted by molar-refractivity contribution is -0.130.